The van der Waals surface area contributed by atoms with E-state index in [4.69, 9.17) is 4.74 Å². The summed E-state index contributed by atoms with van der Waals surface area (Å²) < 4.78 is 32.3. The minimum absolute atomic E-state index is 0. The van der Waals surface area contributed by atoms with Gasteiger partial charge in [0, 0.05) is 24.2 Å². The fraction of sp³-hybridized carbons (Fsp3) is 0.316. The number of nitrogens with one attached hydrogen (secondary N) is 2. The van der Waals surface area contributed by atoms with Crippen LogP contribution in [0.25, 0.3) is 0 Å². The number of amides is 1. The predicted octanol–water partition coefficient (Wildman–Crippen LogP) is 3.37. The smallest absolute Gasteiger partial charge is 0.266 e. The van der Waals surface area contributed by atoms with Gasteiger partial charge in [0.25, 0.3) is 5.91 Å². The average Bonchev–Trinajstić information content (AvgIpc) is 2.64. The van der Waals surface area contributed by atoms with Crippen molar-refractivity contribution in [2.45, 2.75) is 25.0 Å². The molecule has 2 atom stereocenters. The molecule has 1 heterocycles. The molecule has 1 aliphatic heterocycles. The molecule has 1 unspecified atom stereocenters. The quantitative estimate of drug-likeness (QED) is 0.833. The van der Waals surface area contributed by atoms with E-state index in [-0.39, 0.29) is 30.1 Å². The molecule has 1 amide bonds. The summed E-state index contributed by atoms with van der Waals surface area (Å²) in [6.45, 7) is 1.65. The minimum Gasteiger partial charge on any atom is -0.476 e. The second-order valence-electron chi connectivity index (χ2n) is 6.04. The molecule has 0 aromatic heterocycles. The molecule has 140 valence electrons. The summed E-state index contributed by atoms with van der Waals surface area (Å²) in [4.78, 5) is 12.7. The molecule has 0 bridgehead atoms. The van der Waals surface area contributed by atoms with Crippen LogP contribution in [0.5, 0.6) is 5.75 Å². The van der Waals surface area contributed by atoms with Crippen LogP contribution in [0.2, 0.25) is 0 Å². The highest BCUT2D eigenvalue weighted by atomic mass is 35.5. The van der Waals surface area contributed by atoms with Gasteiger partial charge < -0.3 is 15.4 Å². The van der Waals surface area contributed by atoms with Crippen LogP contribution in [-0.4, -0.2) is 25.0 Å². The van der Waals surface area contributed by atoms with Crippen molar-refractivity contribution in [1.29, 1.82) is 0 Å². The van der Waals surface area contributed by atoms with E-state index in [1.807, 2.05) is 6.07 Å². The van der Waals surface area contributed by atoms with Crippen molar-refractivity contribution in [3.63, 3.8) is 0 Å². The molecule has 2 aromatic rings. The van der Waals surface area contributed by atoms with Crippen molar-refractivity contribution in [3.05, 3.63) is 65.7 Å². The highest BCUT2D eigenvalue weighted by Crippen LogP contribution is 2.24. The lowest BCUT2D eigenvalue weighted by atomic mass is 10.1. The molecule has 7 heteroatoms. The summed E-state index contributed by atoms with van der Waals surface area (Å²) in [6, 6.07) is 12.2. The fourth-order valence-electron chi connectivity index (χ4n) is 2.84. The van der Waals surface area contributed by atoms with Crippen LogP contribution in [-0.2, 0) is 4.79 Å². The Morgan fingerprint density at radius 2 is 1.92 bits per heavy atom. The van der Waals surface area contributed by atoms with Crippen molar-refractivity contribution in [1.82, 2.24) is 10.6 Å². The van der Waals surface area contributed by atoms with Crippen molar-refractivity contribution < 1.29 is 18.3 Å². The first-order chi connectivity index (χ1) is 12.1. The highest BCUT2D eigenvalue weighted by Gasteiger charge is 2.26. The predicted molar refractivity (Wildman–Crippen MR) is 97.5 cm³/mol. The molecular weight excluding hydrogens is 362 g/mol. The number of benzene rings is 2. The summed E-state index contributed by atoms with van der Waals surface area (Å²) in [5, 5.41) is 6.20. The molecule has 0 saturated carbocycles. The van der Waals surface area contributed by atoms with Gasteiger partial charge in [-0.15, -0.1) is 12.4 Å². The largest absolute Gasteiger partial charge is 0.476 e. The van der Waals surface area contributed by atoms with Crippen LogP contribution in [0.4, 0.5) is 8.78 Å². The summed E-state index contributed by atoms with van der Waals surface area (Å²) in [6.07, 6.45) is 0.948. The third kappa shape index (κ3) is 5.16. The molecule has 4 nitrogen and oxygen atoms in total. The molecular formula is C19H21ClF2N2O2. The lowest BCUT2D eigenvalue weighted by molar-refractivity contribution is -0.129. The average molecular weight is 383 g/mol. The standard InChI is InChI=1S/C19H20F2N2O2.ClH/c20-16-9-8-15(11-17(16)21)25-18(13-5-2-1-3-6-13)19(24)23-14-7-4-10-22-12-14;/h1-3,5-6,8-9,11,14,18,22H,4,7,10,12H2,(H,23,24);1H/t14-,18?;/m0./s1. The maximum absolute atomic E-state index is 13.4. The molecule has 3 rings (SSSR count). The zero-order valence-corrected chi connectivity index (χ0v) is 14.9. The first kappa shape index (κ1) is 20.1. The van der Waals surface area contributed by atoms with Crippen LogP contribution in [0, 0.1) is 11.6 Å². The van der Waals surface area contributed by atoms with Crippen molar-refractivity contribution in [2.75, 3.05) is 13.1 Å². The number of rotatable bonds is 5. The van der Waals surface area contributed by atoms with Gasteiger partial charge >= 0.3 is 0 Å². The van der Waals surface area contributed by atoms with E-state index < -0.39 is 17.7 Å². The minimum atomic E-state index is -1.01. The summed E-state index contributed by atoms with van der Waals surface area (Å²) in [7, 11) is 0. The Morgan fingerprint density at radius 3 is 2.58 bits per heavy atom. The third-order valence-electron chi connectivity index (χ3n) is 4.13. The Bertz CT molecular complexity index is 725. The van der Waals surface area contributed by atoms with Gasteiger partial charge in [-0.2, -0.15) is 0 Å². The van der Waals surface area contributed by atoms with Gasteiger partial charge in [-0.3, -0.25) is 4.79 Å². The Labute approximate surface area is 157 Å². The maximum atomic E-state index is 13.4. The second-order valence-corrected chi connectivity index (χ2v) is 6.04. The van der Waals surface area contributed by atoms with Gasteiger partial charge in [-0.25, -0.2) is 8.78 Å². The fourth-order valence-corrected chi connectivity index (χ4v) is 2.84. The Hall–Kier alpha value is -2.18. The maximum Gasteiger partial charge on any atom is 0.266 e. The molecule has 2 aromatic carbocycles. The van der Waals surface area contributed by atoms with Crippen molar-refractivity contribution in [2.24, 2.45) is 0 Å². The SMILES string of the molecule is Cl.O=C(N[C@H]1CCCNC1)C(Oc1ccc(F)c(F)c1)c1ccccc1. The number of carbonyl (C=O) groups is 1. The third-order valence-corrected chi connectivity index (χ3v) is 4.13. The van der Waals surface area contributed by atoms with Crippen LogP contribution >= 0.6 is 12.4 Å². The van der Waals surface area contributed by atoms with Gasteiger partial charge in [0.2, 0.25) is 6.10 Å². The zero-order valence-electron chi connectivity index (χ0n) is 14.1. The molecule has 2 N–H and O–H groups in total. The van der Waals surface area contributed by atoms with Gasteiger partial charge in [0.1, 0.15) is 5.75 Å². The molecule has 0 aliphatic carbocycles. The van der Waals surface area contributed by atoms with Gasteiger partial charge in [-0.1, -0.05) is 30.3 Å². The van der Waals surface area contributed by atoms with E-state index in [9.17, 15) is 13.6 Å². The summed E-state index contributed by atoms with van der Waals surface area (Å²) in [5.41, 5.74) is 0.647. The molecule has 26 heavy (non-hydrogen) atoms. The summed E-state index contributed by atoms with van der Waals surface area (Å²) >= 11 is 0. The normalized spacial score (nSPS) is 17.7. The zero-order chi connectivity index (χ0) is 17.6. The molecule has 1 saturated heterocycles. The van der Waals surface area contributed by atoms with Gasteiger partial charge in [-0.05, 0) is 31.5 Å². The van der Waals surface area contributed by atoms with E-state index in [1.54, 1.807) is 24.3 Å². The molecule has 1 aliphatic rings. The Balaban J connectivity index is 0.00000243. The number of piperidine rings is 1. The van der Waals surface area contributed by atoms with Crippen LogP contribution < -0.4 is 15.4 Å². The van der Waals surface area contributed by atoms with E-state index in [2.05, 4.69) is 10.6 Å². The first-order valence-electron chi connectivity index (χ1n) is 8.31. The number of hydrogen-bond acceptors (Lipinski definition) is 3. The van der Waals surface area contributed by atoms with E-state index in [0.717, 1.165) is 31.5 Å². The number of hydrogen-bond donors (Lipinski definition) is 2. The first-order valence-corrected chi connectivity index (χ1v) is 8.31. The van der Waals surface area contributed by atoms with E-state index in [0.29, 0.717) is 12.1 Å². The second kappa shape index (κ2) is 9.50. The Morgan fingerprint density at radius 1 is 1.15 bits per heavy atom. The van der Waals surface area contributed by atoms with Crippen LogP contribution in [0.3, 0.4) is 0 Å². The van der Waals surface area contributed by atoms with Crippen molar-refractivity contribution in [3.8, 4) is 5.75 Å². The monoisotopic (exact) mass is 382 g/mol. The summed E-state index contributed by atoms with van der Waals surface area (Å²) in [5.74, 6) is -2.17. The lowest BCUT2D eigenvalue weighted by Crippen LogP contribution is -2.47. The van der Waals surface area contributed by atoms with Gasteiger partial charge in [0.05, 0.1) is 0 Å². The highest BCUT2D eigenvalue weighted by molar-refractivity contribution is 5.85. The number of carbonyl (C=O) groups excluding carboxylic acids is 1. The molecule has 0 spiro atoms. The number of halogens is 3. The van der Waals surface area contributed by atoms with E-state index >= 15 is 0 Å². The van der Waals surface area contributed by atoms with Crippen LogP contribution in [0.15, 0.2) is 48.5 Å². The van der Waals surface area contributed by atoms with Gasteiger partial charge in [0.15, 0.2) is 11.6 Å². The molecule has 0 radical (unpaired) electrons. The van der Waals surface area contributed by atoms with Crippen LogP contribution in [0.1, 0.15) is 24.5 Å². The topological polar surface area (TPSA) is 50.4 Å². The molecule has 1 fully saturated rings. The number of ether oxygens (including phenoxy) is 1. The Kier molecular flexibility index (Phi) is 7.36. The lowest BCUT2D eigenvalue weighted by Gasteiger charge is -2.26. The van der Waals surface area contributed by atoms with E-state index in [1.165, 1.54) is 6.07 Å². The van der Waals surface area contributed by atoms with Crippen molar-refractivity contribution >= 4 is 18.3 Å².